The van der Waals surface area contributed by atoms with Crippen LogP contribution in [0.1, 0.15) is 56.8 Å². The maximum absolute atomic E-state index is 6.21. The highest BCUT2D eigenvalue weighted by molar-refractivity contribution is 4.95. The summed E-state index contributed by atoms with van der Waals surface area (Å²) in [4.78, 5) is 4.37. The number of ether oxygens (including phenoxy) is 1. The van der Waals surface area contributed by atoms with Crippen LogP contribution in [0.25, 0.3) is 0 Å². The van der Waals surface area contributed by atoms with E-state index in [4.69, 9.17) is 15.0 Å². The molecule has 2 rings (SSSR count). The van der Waals surface area contributed by atoms with Crippen molar-refractivity contribution in [3.8, 4) is 0 Å². The molecule has 5 heteroatoms. The summed E-state index contributed by atoms with van der Waals surface area (Å²) in [7, 11) is 0. The van der Waals surface area contributed by atoms with Gasteiger partial charge in [0.2, 0.25) is 5.89 Å². The Kier molecular flexibility index (Phi) is 5.13. The fraction of sp³-hybridized carbons (Fsp3) is 0.846. The molecule has 0 amide bonds. The van der Waals surface area contributed by atoms with Gasteiger partial charge in [-0.15, -0.1) is 0 Å². The summed E-state index contributed by atoms with van der Waals surface area (Å²) >= 11 is 0. The number of nitrogens with two attached hydrogens (primary N) is 1. The summed E-state index contributed by atoms with van der Waals surface area (Å²) in [6, 6.07) is -0.0985. The van der Waals surface area contributed by atoms with Crippen LogP contribution >= 0.6 is 0 Å². The molecule has 102 valence electrons. The summed E-state index contributed by atoms with van der Waals surface area (Å²) < 4.78 is 10.5. The first kappa shape index (κ1) is 13.5. The van der Waals surface area contributed by atoms with Gasteiger partial charge in [-0.2, -0.15) is 4.98 Å². The Morgan fingerprint density at radius 3 is 2.89 bits per heavy atom. The first-order valence-electron chi connectivity index (χ1n) is 6.97. The van der Waals surface area contributed by atoms with Crippen molar-refractivity contribution in [2.45, 2.75) is 51.5 Å². The minimum Gasteiger partial charge on any atom is -0.381 e. The molecule has 5 nitrogen and oxygen atoms in total. The van der Waals surface area contributed by atoms with Gasteiger partial charge in [0.25, 0.3) is 0 Å². The van der Waals surface area contributed by atoms with Crippen LogP contribution < -0.4 is 5.73 Å². The van der Waals surface area contributed by atoms with Crippen molar-refractivity contribution in [1.82, 2.24) is 10.1 Å². The Bertz CT molecular complexity index is 348. The molecule has 1 aromatic heterocycles. The van der Waals surface area contributed by atoms with Gasteiger partial charge >= 0.3 is 0 Å². The summed E-state index contributed by atoms with van der Waals surface area (Å²) in [5, 5.41) is 3.96. The molecule has 1 heterocycles. The van der Waals surface area contributed by atoms with Crippen molar-refractivity contribution in [3.05, 3.63) is 11.7 Å². The van der Waals surface area contributed by atoms with E-state index in [9.17, 15) is 0 Å². The Labute approximate surface area is 108 Å². The molecule has 18 heavy (non-hydrogen) atoms. The second-order valence-electron chi connectivity index (χ2n) is 4.92. The summed E-state index contributed by atoms with van der Waals surface area (Å²) in [5.41, 5.74) is 6.21. The normalized spacial score (nSPS) is 19.0. The van der Waals surface area contributed by atoms with Crippen LogP contribution in [-0.2, 0) is 11.2 Å². The minimum atomic E-state index is -0.0985. The van der Waals surface area contributed by atoms with Gasteiger partial charge in [-0.05, 0) is 25.7 Å². The van der Waals surface area contributed by atoms with Crippen LogP contribution in [0.3, 0.4) is 0 Å². The van der Waals surface area contributed by atoms with Crippen LogP contribution in [-0.4, -0.2) is 23.4 Å². The van der Waals surface area contributed by atoms with E-state index in [1.54, 1.807) is 0 Å². The van der Waals surface area contributed by atoms with Gasteiger partial charge in [-0.25, -0.2) is 0 Å². The van der Waals surface area contributed by atoms with Crippen molar-refractivity contribution < 1.29 is 9.26 Å². The van der Waals surface area contributed by atoms with Crippen LogP contribution in [0.2, 0.25) is 0 Å². The molecule has 2 N–H and O–H groups in total. The third kappa shape index (κ3) is 3.53. The van der Waals surface area contributed by atoms with E-state index < -0.39 is 0 Å². The third-order valence-corrected chi connectivity index (χ3v) is 3.60. The zero-order valence-corrected chi connectivity index (χ0v) is 11.1. The SMILES string of the molecule is CCOCCc1noc(C(N)C2CCCCC2)n1. The van der Waals surface area contributed by atoms with Crippen molar-refractivity contribution >= 4 is 0 Å². The predicted molar refractivity (Wildman–Crippen MR) is 68.0 cm³/mol. The van der Waals surface area contributed by atoms with E-state index in [1.165, 1.54) is 32.1 Å². The van der Waals surface area contributed by atoms with Crippen LogP contribution in [0, 0.1) is 5.92 Å². The number of hydrogen-bond acceptors (Lipinski definition) is 5. The molecule has 1 unspecified atom stereocenters. The fourth-order valence-electron chi connectivity index (χ4n) is 2.51. The van der Waals surface area contributed by atoms with Gasteiger partial charge in [0.05, 0.1) is 12.6 Å². The van der Waals surface area contributed by atoms with E-state index in [2.05, 4.69) is 10.1 Å². The highest BCUT2D eigenvalue weighted by Crippen LogP contribution is 2.32. The molecule has 0 spiro atoms. The van der Waals surface area contributed by atoms with Crippen molar-refractivity contribution in [3.63, 3.8) is 0 Å². The molecule has 0 saturated heterocycles. The maximum Gasteiger partial charge on any atom is 0.243 e. The number of aromatic nitrogens is 2. The molecule has 1 fully saturated rings. The Balaban J connectivity index is 1.87. The van der Waals surface area contributed by atoms with E-state index in [-0.39, 0.29) is 6.04 Å². The van der Waals surface area contributed by atoms with Crippen LogP contribution in [0.5, 0.6) is 0 Å². The molecular formula is C13H23N3O2. The largest absolute Gasteiger partial charge is 0.381 e. The topological polar surface area (TPSA) is 74.2 Å². The van der Waals surface area contributed by atoms with Crippen LogP contribution in [0.15, 0.2) is 4.52 Å². The second-order valence-corrected chi connectivity index (χ2v) is 4.92. The van der Waals surface area contributed by atoms with Crippen molar-refractivity contribution in [2.75, 3.05) is 13.2 Å². The third-order valence-electron chi connectivity index (χ3n) is 3.60. The smallest absolute Gasteiger partial charge is 0.243 e. The lowest BCUT2D eigenvalue weighted by atomic mass is 9.84. The molecule has 0 aliphatic heterocycles. The standard InChI is InChI=1S/C13H23N3O2/c1-2-17-9-8-11-15-13(18-16-11)12(14)10-6-4-3-5-7-10/h10,12H,2-9,14H2,1H3. The zero-order valence-electron chi connectivity index (χ0n) is 11.1. The monoisotopic (exact) mass is 253 g/mol. The highest BCUT2D eigenvalue weighted by Gasteiger charge is 2.26. The van der Waals surface area contributed by atoms with Crippen LogP contribution in [0.4, 0.5) is 0 Å². The molecular weight excluding hydrogens is 230 g/mol. The molecule has 0 radical (unpaired) electrons. The Morgan fingerprint density at radius 1 is 1.39 bits per heavy atom. The van der Waals surface area contributed by atoms with Gasteiger partial charge in [-0.3, -0.25) is 0 Å². The van der Waals surface area contributed by atoms with Crippen molar-refractivity contribution in [2.24, 2.45) is 11.7 Å². The molecule has 1 saturated carbocycles. The number of rotatable bonds is 6. The van der Waals surface area contributed by atoms with E-state index >= 15 is 0 Å². The first-order valence-corrected chi connectivity index (χ1v) is 6.97. The first-order chi connectivity index (χ1) is 8.81. The molecule has 1 aliphatic carbocycles. The number of hydrogen-bond donors (Lipinski definition) is 1. The van der Waals surface area contributed by atoms with E-state index in [0.29, 0.717) is 37.3 Å². The van der Waals surface area contributed by atoms with E-state index in [1.807, 2.05) is 6.92 Å². The van der Waals surface area contributed by atoms with Gasteiger partial charge in [-0.1, -0.05) is 24.4 Å². The predicted octanol–water partition coefficient (Wildman–Crippen LogP) is 2.23. The van der Waals surface area contributed by atoms with Gasteiger partial charge in [0.15, 0.2) is 5.82 Å². The Morgan fingerprint density at radius 2 is 2.17 bits per heavy atom. The highest BCUT2D eigenvalue weighted by atomic mass is 16.5. The lowest BCUT2D eigenvalue weighted by molar-refractivity contribution is 0.149. The summed E-state index contributed by atoms with van der Waals surface area (Å²) in [6.45, 7) is 3.32. The molecule has 1 atom stereocenters. The maximum atomic E-state index is 6.21. The number of nitrogens with zero attached hydrogens (tertiary/aromatic N) is 2. The zero-order chi connectivity index (χ0) is 12.8. The molecule has 1 aliphatic rings. The Hall–Kier alpha value is -0.940. The molecule has 0 aromatic carbocycles. The van der Waals surface area contributed by atoms with Gasteiger partial charge in [0.1, 0.15) is 0 Å². The lowest BCUT2D eigenvalue weighted by Gasteiger charge is -2.24. The average Bonchev–Trinajstić information content (AvgIpc) is 2.88. The lowest BCUT2D eigenvalue weighted by Crippen LogP contribution is -2.23. The second kappa shape index (κ2) is 6.85. The summed E-state index contributed by atoms with van der Waals surface area (Å²) in [5.74, 6) is 1.79. The summed E-state index contributed by atoms with van der Waals surface area (Å²) in [6.07, 6.45) is 6.91. The fourth-order valence-corrected chi connectivity index (χ4v) is 2.51. The minimum absolute atomic E-state index is 0.0985. The van der Waals surface area contributed by atoms with Gasteiger partial charge < -0.3 is 15.0 Å². The molecule has 1 aromatic rings. The van der Waals surface area contributed by atoms with E-state index in [0.717, 1.165) is 0 Å². The average molecular weight is 253 g/mol. The quantitative estimate of drug-likeness (QED) is 0.787. The van der Waals surface area contributed by atoms with Gasteiger partial charge in [0, 0.05) is 13.0 Å². The molecule has 0 bridgehead atoms. The van der Waals surface area contributed by atoms with Crippen molar-refractivity contribution in [1.29, 1.82) is 0 Å².